The molecule has 1 saturated heterocycles. The lowest BCUT2D eigenvalue weighted by Gasteiger charge is -2.33. The number of hydrogen-bond acceptors (Lipinski definition) is 3. The van der Waals surface area contributed by atoms with Crippen LogP contribution in [0.4, 0.5) is 4.39 Å². The van der Waals surface area contributed by atoms with Gasteiger partial charge in [0.2, 0.25) is 0 Å². The van der Waals surface area contributed by atoms with Crippen LogP contribution in [0, 0.1) is 5.92 Å². The summed E-state index contributed by atoms with van der Waals surface area (Å²) in [5.41, 5.74) is 2.41. The molecule has 0 aromatic heterocycles. The molecule has 2 aliphatic rings. The highest BCUT2D eigenvalue weighted by molar-refractivity contribution is 5.97. The summed E-state index contributed by atoms with van der Waals surface area (Å²) in [7, 11) is 0. The van der Waals surface area contributed by atoms with Gasteiger partial charge in [0.05, 0.1) is 6.33 Å². The lowest BCUT2D eigenvalue weighted by Crippen LogP contribution is -2.41. The van der Waals surface area contributed by atoms with E-state index in [2.05, 4.69) is 0 Å². The zero-order chi connectivity index (χ0) is 17.6. The number of carbonyl (C=O) groups excluding carboxylic acids is 1. The molecule has 2 heterocycles. The quantitative estimate of drug-likeness (QED) is 0.787. The molecule has 0 radical (unpaired) electrons. The monoisotopic (exact) mass is 347 g/mol. The Hall–Kier alpha value is -1.88. The van der Waals surface area contributed by atoms with Crippen molar-refractivity contribution in [3.8, 4) is 5.75 Å². The molecule has 1 aromatic carbocycles. The Labute approximate surface area is 148 Å². The second kappa shape index (κ2) is 8.48. The molecule has 0 aliphatic carbocycles. The van der Waals surface area contributed by atoms with Crippen LogP contribution >= 0.6 is 0 Å². The number of rotatable bonds is 6. The van der Waals surface area contributed by atoms with Crippen molar-refractivity contribution in [1.29, 1.82) is 0 Å². The van der Waals surface area contributed by atoms with Crippen LogP contribution in [0.1, 0.15) is 42.1 Å². The summed E-state index contributed by atoms with van der Waals surface area (Å²) < 4.78 is 23.7. The fraction of sp³-hybridized carbons (Fsp3) is 0.550. The third-order valence-electron chi connectivity index (χ3n) is 5.10. The van der Waals surface area contributed by atoms with E-state index in [9.17, 15) is 9.18 Å². The van der Waals surface area contributed by atoms with Crippen LogP contribution < -0.4 is 4.74 Å². The van der Waals surface area contributed by atoms with E-state index in [1.807, 2.05) is 24.0 Å². The summed E-state index contributed by atoms with van der Waals surface area (Å²) in [5, 5.41) is 0. The Morgan fingerprint density at radius 3 is 2.92 bits per heavy atom. The van der Waals surface area contributed by atoms with Gasteiger partial charge in [-0.2, -0.15) is 0 Å². The maximum Gasteiger partial charge on any atom is 0.254 e. The number of amides is 1. The highest BCUT2D eigenvalue weighted by Crippen LogP contribution is 2.26. The minimum atomic E-state index is 0.109. The van der Waals surface area contributed by atoms with Crippen LogP contribution in [-0.2, 0) is 11.2 Å². The van der Waals surface area contributed by atoms with Crippen molar-refractivity contribution in [3.05, 3.63) is 41.2 Å². The number of benzene rings is 1. The second-order valence-corrected chi connectivity index (χ2v) is 6.79. The van der Waals surface area contributed by atoms with Crippen molar-refractivity contribution in [2.24, 2.45) is 5.92 Å². The van der Waals surface area contributed by atoms with E-state index in [4.69, 9.17) is 9.47 Å². The van der Waals surface area contributed by atoms with Crippen molar-refractivity contribution in [3.63, 3.8) is 0 Å². The van der Waals surface area contributed by atoms with Gasteiger partial charge in [-0.3, -0.25) is 4.79 Å². The molecule has 5 heteroatoms. The van der Waals surface area contributed by atoms with Crippen LogP contribution in [0.5, 0.6) is 5.75 Å². The van der Waals surface area contributed by atoms with Gasteiger partial charge in [-0.25, -0.2) is 4.39 Å². The first-order chi connectivity index (χ1) is 12.2. The van der Waals surface area contributed by atoms with Crippen LogP contribution in [0.2, 0.25) is 0 Å². The summed E-state index contributed by atoms with van der Waals surface area (Å²) in [6.45, 7) is 5.31. The maximum atomic E-state index is 12.8. The number of halogens is 1. The Bertz CT molecular complexity index is 638. The van der Waals surface area contributed by atoms with Gasteiger partial charge in [-0.15, -0.1) is 0 Å². The molecule has 0 saturated carbocycles. The molecule has 0 atom stereocenters. The standard InChI is InChI=1S/C20H26FNO3/c1-2-15(12-21)14-25-18-3-4-19-17(11-18)5-8-22(20(19)23)13-16-6-9-24-10-7-16/h3-4,11-12,16H,2,5-10,13-14H2,1H3/b15-12+. The van der Waals surface area contributed by atoms with Gasteiger partial charge in [0.25, 0.3) is 5.91 Å². The Kier molecular flexibility index (Phi) is 6.08. The lowest BCUT2D eigenvalue weighted by atomic mass is 9.95. The highest BCUT2D eigenvalue weighted by atomic mass is 19.1. The molecule has 1 amide bonds. The average molecular weight is 347 g/mol. The Morgan fingerprint density at radius 2 is 2.20 bits per heavy atom. The number of ether oxygens (including phenoxy) is 2. The van der Waals surface area contributed by atoms with Crippen LogP contribution in [0.3, 0.4) is 0 Å². The molecule has 136 valence electrons. The molecule has 1 aromatic rings. The zero-order valence-electron chi connectivity index (χ0n) is 14.8. The largest absolute Gasteiger partial charge is 0.489 e. The number of hydrogen-bond donors (Lipinski definition) is 0. The molecule has 0 spiro atoms. The average Bonchev–Trinajstić information content (AvgIpc) is 2.66. The number of nitrogens with zero attached hydrogens (tertiary/aromatic N) is 1. The van der Waals surface area contributed by atoms with E-state index in [1.54, 1.807) is 6.07 Å². The molecule has 4 nitrogen and oxygen atoms in total. The Morgan fingerprint density at radius 1 is 1.40 bits per heavy atom. The van der Waals surface area contributed by atoms with Gasteiger partial charge < -0.3 is 14.4 Å². The molecule has 3 rings (SSSR count). The van der Waals surface area contributed by atoms with Gasteiger partial charge in [-0.1, -0.05) is 6.92 Å². The Balaban J connectivity index is 1.63. The lowest BCUT2D eigenvalue weighted by molar-refractivity contribution is 0.0449. The molecule has 0 unspecified atom stereocenters. The molecule has 0 bridgehead atoms. The fourth-order valence-electron chi connectivity index (χ4n) is 3.40. The summed E-state index contributed by atoms with van der Waals surface area (Å²) in [6.07, 6.45) is 4.13. The van der Waals surface area contributed by atoms with Gasteiger partial charge >= 0.3 is 0 Å². The normalized spacial score (nSPS) is 19.0. The van der Waals surface area contributed by atoms with Crippen molar-refractivity contribution < 1.29 is 18.7 Å². The van der Waals surface area contributed by atoms with E-state index >= 15 is 0 Å². The zero-order valence-corrected chi connectivity index (χ0v) is 14.8. The van der Waals surface area contributed by atoms with Crippen molar-refractivity contribution in [2.45, 2.75) is 32.6 Å². The van der Waals surface area contributed by atoms with Gasteiger partial charge in [0.1, 0.15) is 12.4 Å². The van der Waals surface area contributed by atoms with Crippen LogP contribution in [0.25, 0.3) is 0 Å². The van der Waals surface area contributed by atoms with Gasteiger partial charge in [0.15, 0.2) is 0 Å². The first kappa shape index (κ1) is 17.9. The maximum absolute atomic E-state index is 12.8. The molecule has 25 heavy (non-hydrogen) atoms. The molecule has 0 N–H and O–H groups in total. The van der Waals surface area contributed by atoms with E-state index in [0.717, 1.165) is 56.7 Å². The van der Waals surface area contributed by atoms with Gasteiger partial charge in [-0.05, 0) is 60.9 Å². The van der Waals surface area contributed by atoms with Crippen molar-refractivity contribution in [2.75, 3.05) is 32.9 Å². The van der Waals surface area contributed by atoms with E-state index in [-0.39, 0.29) is 12.5 Å². The van der Waals surface area contributed by atoms with Crippen molar-refractivity contribution >= 4 is 5.91 Å². The summed E-state index contributed by atoms with van der Waals surface area (Å²) in [5.74, 6) is 1.34. The molecular formula is C20H26FNO3. The van der Waals surface area contributed by atoms with Crippen LogP contribution in [0.15, 0.2) is 30.1 Å². The van der Waals surface area contributed by atoms with Gasteiger partial charge in [0, 0.05) is 31.9 Å². The fourth-order valence-corrected chi connectivity index (χ4v) is 3.40. The van der Waals surface area contributed by atoms with Crippen LogP contribution in [-0.4, -0.2) is 43.7 Å². The summed E-state index contributed by atoms with van der Waals surface area (Å²) in [4.78, 5) is 14.7. The molecular weight excluding hydrogens is 321 g/mol. The van der Waals surface area contributed by atoms with Crippen molar-refractivity contribution in [1.82, 2.24) is 4.90 Å². The topological polar surface area (TPSA) is 38.8 Å². The summed E-state index contributed by atoms with van der Waals surface area (Å²) >= 11 is 0. The summed E-state index contributed by atoms with van der Waals surface area (Å²) in [6, 6.07) is 5.57. The highest BCUT2D eigenvalue weighted by Gasteiger charge is 2.27. The molecule has 1 fully saturated rings. The first-order valence-corrected chi connectivity index (χ1v) is 9.12. The van der Waals surface area contributed by atoms with E-state index in [1.165, 1.54) is 0 Å². The second-order valence-electron chi connectivity index (χ2n) is 6.79. The van der Waals surface area contributed by atoms with E-state index < -0.39 is 0 Å². The number of fused-ring (bicyclic) bond motifs is 1. The molecule has 2 aliphatic heterocycles. The minimum Gasteiger partial charge on any atom is -0.489 e. The third-order valence-corrected chi connectivity index (χ3v) is 5.10. The minimum absolute atomic E-state index is 0.109. The third kappa shape index (κ3) is 4.40. The smallest absolute Gasteiger partial charge is 0.254 e. The van der Waals surface area contributed by atoms with E-state index in [0.29, 0.717) is 30.0 Å². The first-order valence-electron chi connectivity index (χ1n) is 9.12. The predicted molar refractivity (Wildman–Crippen MR) is 94.6 cm³/mol. The SMILES string of the molecule is CC/C(=C\F)COc1ccc2c(c1)CCN(CC1CCOCC1)C2=O. The number of carbonyl (C=O) groups is 1. The predicted octanol–water partition coefficient (Wildman–Crippen LogP) is 3.75.